The summed E-state index contributed by atoms with van der Waals surface area (Å²) in [7, 11) is 1.62. The van der Waals surface area contributed by atoms with Gasteiger partial charge in [-0.1, -0.05) is 46.3 Å². The van der Waals surface area contributed by atoms with Crippen LogP contribution in [0.3, 0.4) is 0 Å². The molecular formula is C23H17Br2NO2. The van der Waals surface area contributed by atoms with E-state index in [4.69, 9.17) is 9.47 Å². The van der Waals surface area contributed by atoms with Crippen molar-refractivity contribution in [2.45, 2.75) is 6.61 Å². The molecule has 0 atom stereocenters. The topological polar surface area (TPSA) is 42.2 Å². The maximum atomic E-state index is 9.69. The monoisotopic (exact) mass is 497 g/mol. The van der Waals surface area contributed by atoms with Gasteiger partial charge in [-0.3, -0.25) is 0 Å². The fourth-order valence-corrected chi connectivity index (χ4v) is 4.05. The van der Waals surface area contributed by atoms with Crippen molar-refractivity contribution in [1.82, 2.24) is 0 Å². The van der Waals surface area contributed by atoms with Gasteiger partial charge >= 0.3 is 0 Å². The van der Waals surface area contributed by atoms with Crippen LogP contribution < -0.4 is 9.47 Å². The van der Waals surface area contributed by atoms with Crippen molar-refractivity contribution in [2.75, 3.05) is 7.11 Å². The van der Waals surface area contributed by atoms with Crippen LogP contribution in [0.5, 0.6) is 11.5 Å². The van der Waals surface area contributed by atoms with Gasteiger partial charge < -0.3 is 9.47 Å². The minimum atomic E-state index is 0.437. The minimum Gasteiger partial charge on any atom is -0.497 e. The van der Waals surface area contributed by atoms with Crippen molar-refractivity contribution in [3.63, 3.8) is 0 Å². The second kappa shape index (κ2) is 9.59. The second-order valence-corrected chi connectivity index (χ2v) is 7.75. The van der Waals surface area contributed by atoms with Crippen LogP contribution in [0.1, 0.15) is 16.7 Å². The van der Waals surface area contributed by atoms with Gasteiger partial charge in [-0.2, -0.15) is 5.26 Å². The quantitative estimate of drug-likeness (QED) is 0.275. The molecule has 0 spiro atoms. The highest BCUT2D eigenvalue weighted by Crippen LogP contribution is 2.36. The van der Waals surface area contributed by atoms with E-state index < -0.39 is 0 Å². The van der Waals surface area contributed by atoms with Gasteiger partial charge in [-0.05, 0) is 69.5 Å². The number of halogens is 2. The highest BCUT2D eigenvalue weighted by Gasteiger charge is 2.11. The fourth-order valence-electron chi connectivity index (χ4n) is 2.68. The molecule has 0 aromatic heterocycles. The average molecular weight is 499 g/mol. The Morgan fingerprint density at radius 3 is 2.39 bits per heavy atom. The molecule has 140 valence electrons. The van der Waals surface area contributed by atoms with E-state index in [0.29, 0.717) is 17.9 Å². The average Bonchev–Trinajstić information content (AvgIpc) is 2.72. The summed E-state index contributed by atoms with van der Waals surface area (Å²) in [5.74, 6) is 1.44. The molecule has 0 amide bonds. The van der Waals surface area contributed by atoms with Gasteiger partial charge in [0.1, 0.15) is 18.1 Å². The zero-order valence-electron chi connectivity index (χ0n) is 15.2. The van der Waals surface area contributed by atoms with E-state index in [0.717, 1.165) is 31.4 Å². The zero-order valence-corrected chi connectivity index (χ0v) is 18.3. The van der Waals surface area contributed by atoms with E-state index in [1.54, 1.807) is 7.11 Å². The van der Waals surface area contributed by atoms with Crippen LogP contribution in [0.2, 0.25) is 0 Å². The lowest BCUT2D eigenvalue weighted by atomic mass is 10.0. The third-order valence-electron chi connectivity index (χ3n) is 4.08. The van der Waals surface area contributed by atoms with Gasteiger partial charge in [0.15, 0.2) is 0 Å². The summed E-state index contributed by atoms with van der Waals surface area (Å²) in [5, 5.41) is 9.69. The van der Waals surface area contributed by atoms with Gasteiger partial charge in [0.25, 0.3) is 0 Å². The zero-order chi connectivity index (χ0) is 19.9. The van der Waals surface area contributed by atoms with Crippen molar-refractivity contribution < 1.29 is 9.47 Å². The molecule has 3 aromatic carbocycles. The largest absolute Gasteiger partial charge is 0.497 e. The summed E-state index contributed by atoms with van der Waals surface area (Å²) in [4.78, 5) is 0. The number of benzene rings is 3. The predicted octanol–water partition coefficient (Wildman–Crippen LogP) is 6.86. The molecule has 3 rings (SSSR count). The lowest BCUT2D eigenvalue weighted by molar-refractivity contribution is 0.303. The number of allylic oxidation sites excluding steroid dienone is 1. The van der Waals surface area contributed by atoms with Gasteiger partial charge in [-0.15, -0.1) is 0 Å². The summed E-state index contributed by atoms with van der Waals surface area (Å²) in [6.07, 6.45) is 1.83. The Morgan fingerprint density at radius 1 is 1.04 bits per heavy atom. The molecule has 3 nitrogen and oxygen atoms in total. The number of nitriles is 1. The predicted molar refractivity (Wildman–Crippen MR) is 119 cm³/mol. The van der Waals surface area contributed by atoms with Gasteiger partial charge in [0, 0.05) is 10.0 Å². The molecule has 0 heterocycles. The second-order valence-electron chi connectivity index (χ2n) is 5.98. The molecule has 0 saturated carbocycles. The SMILES string of the molecule is COc1ccc(/C(C#N)=C/c2cc(Br)cc(Br)c2OCc2ccccc2)cc1. The van der Waals surface area contributed by atoms with E-state index in [1.165, 1.54) is 0 Å². The van der Waals surface area contributed by atoms with E-state index >= 15 is 0 Å². The van der Waals surface area contributed by atoms with Crippen LogP contribution in [-0.2, 0) is 6.61 Å². The first kappa shape index (κ1) is 20.2. The lowest BCUT2D eigenvalue weighted by Crippen LogP contribution is -1.98. The first-order chi connectivity index (χ1) is 13.6. The standard InChI is InChI=1S/C23H17Br2NO2/c1-27-21-9-7-17(8-10-21)19(14-26)11-18-12-20(24)13-22(25)23(18)28-15-16-5-3-2-4-6-16/h2-13H,15H2,1H3/b19-11+. The number of ether oxygens (including phenoxy) is 2. The van der Waals surface area contributed by atoms with Crippen molar-refractivity contribution in [3.05, 3.63) is 92.4 Å². The third kappa shape index (κ3) is 5.03. The molecule has 0 fully saturated rings. The molecule has 0 radical (unpaired) electrons. The van der Waals surface area contributed by atoms with Crippen molar-refractivity contribution in [1.29, 1.82) is 5.26 Å². The smallest absolute Gasteiger partial charge is 0.141 e. The molecular weight excluding hydrogens is 482 g/mol. The molecule has 0 saturated heterocycles. The lowest BCUT2D eigenvalue weighted by Gasteiger charge is -2.13. The molecule has 0 N–H and O–H groups in total. The molecule has 0 bridgehead atoms. The minimum absolute atomic E-state index is 0.437. The maximum absolute atomic E-state index is 9.69. The van der Waals surface area contributed by atoms with Gasteiger partial charge in [-0.25, -0.2) is 0 Å². The Bertz CT molecular complexity index is 1020. The highest BCUT2D eigenvalue weighted by molar-refractivity contribution is 9.11. The number of rotatable bonds is 6. The van der Waals surface area contributed by atoms with Crippen LogP contribution in [-0.4, -0.2) is 7.11 Å². The normalized spacial score (nSPS) is 11.0. The van der Waals surface area contributed by atoms with Crippen LogP contribution in [0.4, 0.5) is 0 Å². The molecule has 0 aliphatic heterocycles. The molecule has 0 unspecified atom stereocenters. The summed E-state index contributed by atoms with van der Waals surface area (Å²) < 4.78 is 13.0. The number of hydrogen-bond donors (Lipinski definition) is 0. The Balaban J connectivity index is 1.96. The first-order valence-electron chi connectivity index (χ1n) is 8.52. The fraction of sp³-hybridized carbons (Fsp3) is 0.0870. The summed E-state index contributed by atoms with van der Waals surface area (Å²) in [6, 6.07) is 23.5. The summed E-state index contributed by atoms with van der Waals surface area (Å²) in [6.45, 7) is 0.437. The maximum Gasteiger partial charge on any atom is 0.141 e. The van der Waals surface area contributed by atoms with Crippen molar-refractivity contribution in [3.8, 4) is 17.6 Å². The van der Waals surface area contributed by atoms with Gasteiger partial charge in [0.05, 0.1) is 23.2 Å². The number of methoxy groups -OCH3 is 1. The third-order valence-corrected chi connectivity index (χ3v) is 5.13. The van der Waals surface area contributed by atoms with Crippen LogP contribution >= 0.6 is 31.9 Å². The Labute approximate surface area is 181 Å². The highest BCUT2D eigenvalue weighted by atomic mass is 79.9. The van der Waals surface area contributed by atoms with E-state index in [1.807, 2.05) is 72.8 Å². The van der Waals surface area contributed by atoms with Crippen molar-refractivity contribution >= 4 is 43.5 Å². The van der Waals surface area contributed by atoms with Crippen LogP contribution in [0.15, 0.2) is 75.7 Å². The summed E-state index contributed by atoms with van der Waals surface area (Å²) in [5.41, 5.74) is 3.23. The Kier molecular flexibility index (Phi) is 6.91. The van der Waals surface area contributed by atoms with Crippen LogP contribution in [0.25, 0.3) is 11.6 Å². The van der Waals surface area contributed by atoms with Gasteiger partial charge in [0.2, 0.25) is 0 Å². The molecule has 0 aliphatic carbocycles. The summed E-state index contributed by atoms with van der Waals surface area (Å²) >= 11 is 7.09. The Morgan fingerprint density at radius 2 is 1.75 bits per heavy atom. The Hall–Kier alpha value is -2.55. The molecule has 5 heteroatoms. The molecule has 3 aromatic rings. The molecule has 0 aliphatic rings. The van der Waals surface area contributed by atoms with E-state index in [9.17, 15) is 5.26 Å². The first-order valence-corrected chi connectivity index (χ1v) is 10.1. The number of hydrogen-bond acceptors (Lipinski definition) is 3. The van der Waals surface area contributed by atoms with E-state index in [-0.39, 0.29) is 0 Å². The molecule has 28 heavy (non-hydrogen) atoms. The van der Waals surface area contributed by atoms with E-state index in [2.05, 4.69) is 37.9 Å². The van der Waals surface area contributed by atoms with Crippen LogP contribution in [0, 0.1) is 11.3 Å². The van der Waals surface area contributed by atoms with Crippen molar-refractivity contribution in [2.24, 2.45) is 0 Å². The number of nitrogens with zero attached hydrogens (tertiary/aromatic N) is 1.